The van der Waals surface area contributed by atoms with Crippen molar-refractivity contribution in [3.05, 3.63) is 48.0 Å². The third kappa shape index (κ3) is 4.24. The van der Waals surface area contributed by atoms with Crippen molar-refractivity contribution >= 4 is 28.1 Å². The first kappa shape index (κ1) is 19.4. The Morgan fingerprint density at radius 1 is 1.07 bits per heavy atom. The van der Waals surface area contributed by atoms with E-state index in [1.807, 2.05) is 19.1 Å². The van der Waals surface area contributed by atoms with Gasteiger partial charge in [0.2, 0.25) is 0 Å². The molecule has 0 amide bonds. The fourth-order valence-corrected chi connectivity index (χ4v) is 3.90. The zero-order chi connectivity index (χ0) is 20.4. The number of anilines is 3. The van der Waals surface area contributed by atoms with Gasteiger partial charge in [-0.3, -0.25) is 0 Å². The van der Waals surface area contributed by atoms with E-state index in [0.717, 1.165) is 42.1 Å². The molecule has 3 N–H and O–H groups in total. The van der Waals surface area contributed by atoms with Crippen molar-refractivity contribution in [3.63, 3.8) is 0 Å². The van der Waals surface area contributed by atoms with Gasteiger partial charge in [-0.2, -0.15) is 0 Å². The number of aromatic nitrogens is 2. The van der Waals surface area contributed by atoms with E-state index in [1.165, 1.54) is 18.5 Å². The maximum absolute atomic E-state index is 14.0. The number of methoxy groups -OCH3 is 1. The molecule has 0 spiro atoms. The summed E-state index contributed by atoms with van der Waals surface area (Å²) in [6.45, 7) is 1.96. The lowest BCUT2D eigenvalue weighted by molar-refractivity contribution is 0.0329. The van der Waals surface area contributed by atoms with Crippen LogP contribution in [0.1, 0.15) is 31.2 Å². The SMILES string of the molecule is COC1CCC(Oc2cc(F)ccc2Nc2ncnc3cc(N)cc(C)c23)CC1. The maximum atomic E-state index is 14.0. The van der Waals surface area contributed by atoms with E-state index in [4.69, 9.17) is 15.2 Å². The summed E-state index contributed by atoms with van der Waals surface area (Å²) in [7, 11) is 1.74. The summed E-state index contributed by atoms with van der Waals surface area (Å²) < 4.78 is 25.5. The number of hydrogen-bond donors (Lipinski definition) is 2. The predicted octanol–water partition coefficient (Wildman–Crippen LogP) is 4.74. The first-order valence-corrected chi connectivity index (χ1v) is 9.80. The minimum absolute atomic E-state index is 0.0347. The first-order valence-electron chi connectivity index (χ1n) is 9.80. The van der Waals surface area contributed by atoms with Crippen molar-refractivity contribution in [3.8, 4) is 5.75 Å². The number of aryl methyl sites for hydroxylation is 1. The van der Waals surface area contributed by atoms with Crippen LogP contribution in [0.15, 0.2) is 36.7 Å². The van der Waals surface area contributed by atoms with Crippen molar-refractivity contribution < 1.29 is 13.9 Å². The molecule has 0 bridgehead atoms. The molecule has 1 aromatic heterocycles. The van der Waals surface area contributed by atoms with Crippen LogP contribution in [-0.4, -0.2) is 29.3 Å². The molecule has 1 aliphatic rings. The van der Waals surface area contributed by atoms with Crippen LogP contribution < -0.4 is 15.8 Å². The molecule has 152 valence electrons. The van der Waals surface area contributed by atoms with Gasteiger partial charge in [0.15, 0.2) is 0 Å². The Kier molecular flexibility index (Phi) is 5.49. The highest BCUT2D eigenvalue weighted by Gasteiger charge is 2.23. The number of halogens is 1. The predicted molar refractivity (Wildman–Crippen MR) is 112 cm³/mol. The molecule has 1 heterocycles. The molecule has 1 fully saturated rings. The Morgan fingerprint density at radius 3 is 2.59 bits per heavy atom. The van der Waals surface area contributed by atoms with Crippen LogP contribution in [0.25, 0.3) is 10.9 Å². The van der Waals surface area contributed by atoms with Crippen LogP contribution >= 0.6 is 0 Å². The van der Waals surface area contributed by atoms with Crippen LogP contribution in [-0.2, 0) is 4.74 Å². The molecule has 1 saturated carbocycles. The first-order chi connectivity index (χ1) is 14.0. The van der Waals surface area contributed by atoms with E-state index in [0.29, 0.717) is 22.9 Å². The molecule has 0 aliphatic heterocycles. The summed E-state index contributed by atoms with van der Waals surface area (Å²) in [5, 5.41) is 4.18. The number of rotatable bonds is 5. The average Bonchev–Trinajstić information content (AvgIpc) is 2.70. The van der Waals surface area contributed by atoms with Crippen molar-refractivity contribution in [1.29, 1.82) is 0 Å². The molecule has 0 saturated heterocycles. The zero-order valence-corrected chi connectivity index (χ0v) is 16.6. The summed E-state index contributed by atoms with van der Waals surface area (Å²) in [5.41, 5.74) is 8.97. The molecule has 1 aliphatic carbocycles. The van der Waals surface area contributed by atoms with Gasteiger partial charge >= 0.3 is 0 Å². The second-order valence-electron chi connectivity index (χ2n) is 7.47. The number of fused-ring (bicyclic) bond motifs is 1. The molecule has 6 nitrogen and oxygen atoms in total. The molecule has 3 aromatic rings. The molecule has 2 aromatic carbocycles. The fourth-order valence-electron chi connectivity index (χ4n) is 3.90. The van der Waals surface area contributed by atoms with E-state index in [1.54, 1.807) is 13.2 Å². The van der Waals surface area contributed by atoms with Gasteiger partial charge in [0.25, 0.3) is 0 Å². The van der Waals surface area contributed by atoms with Crippen LogP contribution in [0, 0.1) is 12.7 Å². The molecular weight excluding hydrogens is 371 g/mol. The standard InChI is InChI=1S/C22H25FN4O2/c1-13-9-15(24)11-19-21(13)22(26-12-25-19)27-18-8-3-14(23)10-20(18)29-17-6-4-16(28-2)5-7-17/h3,8-12,16-17H,4-7,24H2,1-2H3,(H,25,26,27). The quantitative estimate of drug-likeness (QED) is 0.606. The fraction of sp³-hybridized carbons (Fsp3) is 0.364. The normalized spacial score (nSPS) is 19.3. The summed E-state index contributed by atoms with van der Waals surface area (Å²) in [6.07, 6.45) is 5.44. The molecular formula is C22H25FN4O2. The summed E-state index contributed by atoms with van der Waals surface area (Å²) in [4.78, 5) is 8.71. The minimum Gasteiger partial charge on any atom is -0.488 e. The minimum atomic E-state index is -0.340. The average molecular weight is 396 g/mol. The van der Waals surface area contributed by atoms with Gasteiger partial charge in [-0.25, -0.2) is 14.4 Å². The third-order valence-corrected chi connectivity index (χ3v) is 5.40. The number of hydrogen-bond acceptors (Lipinski definition) is 6. The van der Waals surface area contributed by atoms with Gasteiger partial charge in [-0.15, -0.1) is 0 Å². The molecule has 0 radical (unpaired) electrons. The lowest BCUT2D eigenvalue weighted by atomic mass is 9.95. The van der Waals surface area contributed by atoms with Crippen LogP contribution in [0.3, 0.4) is 0 Å². The molecule has 7 heteroatoms. The van der Waals surface area contributed by atoms with Gasteiger partial charge in [-0.1, -0.05) is 0 Å². The molecule has 4 rings (SSSR count). The summed E-state index contributed by atoms with van der Waals surface area (Å²) in [6, 6.07) is 8.19. The number of benzene rings is 2. The third-order valence-electron chi connectivity index (χ3n) is 5.40. The highest BCUT2D eigenvalue weighted by atomic mass is 19.1. The molecule has 0 unspecified atom stereocenters. The van der Waals surface area contributed by atoms with Crippen molar-refractivity contribution in [2.24, 2.45) is 0 Å². The monoisotopic (exact) mass is 396 g/mol. The maximum Gasteiger partial charge on any atom is 0.146 e. The Bertz CT molecular complexity index is 1020. The summed E-state index contributed by atoms with van der Waals surface area (Å²) in [5.74, 6) is 0.769. The van der Waals surface area contributed by atoms with E-state index in [9.17, 15) is 4.39 Å². The van der Waals surface area contributed by atoms with Gasteiger partial charge < -0.3 is 20.5 Å². The van der Waals surface area contributed by atoms with E-state index >= 15 is 0 Å². The van der Waals surface area contributed by atoms with Crippen LogP contribution in [0.4, 0.5) is 21.6 Å². The number of nitrogen functional groups attached to an aromatic ring is 1. The summed E-state index contributed by atoms with van der Waals surface area (Å²) >= 11 is 0. The Hall–Kier alpha value is -2.93. The van der Waals surface area contributed by atoms with E-state index in [-0.39, 0.29) is 18.0 Å². The smallest absolute Gasteiger partial charge is 0.146 e. The van der Waals surface area contributed by atoms with Crippen LogP contribution in [0.5, 0.6) is 5.75 Å². The van der Waals surface area contributed by atoms with Crippen molar-refractivity contribution in [2.45, 2.75) is 44.8 Å². The molecule has 0 atom stereocenters. The largest absolute Gasteiger partial charge is 0.488 e. The number of nitrogens with two attached hydrogens (primary N) is 1. The number of ether oxygens (including phenoxy) is 2. The van der Waals surface area contributed by atoms with Gasteiger partial charge in [-0.05, 0) is 62.4 Å². The topological polar surface area (TPSA) is 82.3 Å². The Balaban J connectivity index is 1.62. The van der Waals surface area contributed by atoms with Crippen LogP contribution in [0.2, 0.25) is 0 Å². The lowest BCUT2D eigenvalue weighted by Gasteiger charge is -2.28. The lowest BCUT2D eigenvalue weighted by Crippen LogP contribution is -2.27. The second kappa shape index (κ2) is 8.21. The highest BCUT2D eigenvalue weighted by molar-refractivity contribution is 5.95. The van der Waals surface area contributed by atoms with E-state index in [2.05, 4.69) is 15.3 Å². The second-order valence-corrected chi connectivity index (χ2v) is 7.47. The van der Waals surface area contributed by atoms with Gasteiger partial charge in [0, 0.05) is 24.2 Å². The van der Waals surface area contributed by atoms with Gasteiger partial charge in [0.1, 0.15) is 23.7 Å². The van der Waals surface area contributed by atoms with Gasteiger partial charge in [0.05, 0.1) is 23.4 Å². The number of nitrogens with zero attached hydrogens (tertiary/aromatic N) is 2. The van der Waals surface area contributed by atoms with Crippen molar-refractivity contribution in [1.82, 2.24) is 9.97 Å². The Labute approximate surface area is 169 Å². The highest BCUT2D eigenvalue weighted by Crippen LogP contribution is 2.34. The molecule has 29 heavy (non-hydrogen) atoms. The Morgan fingerprint density at radius 2 is 1.83 bits per heavy atom. The van der Waals surface area contributed by atoms with E-state index < -0.39 is 0 Å². The zero-order valence-electron chi connectivity index (χ0n) is 16.6. The van der Waals surface area contributed by atoms with Crippen molar-refractivity contribution in [2.75, 3.05) is 18.2 Å². The number of nitrogens with one attached hydrogen (secondary N) is 1.